The van der Waals surface area contributed by atoms with Gasteiger partial charge in [-0.15, -0.1) is 0 Å². The predicted octanol–water partition coefficient (Wildman–Crippen LogP) is 2.91. The Kier molecular flexibility index (Phi) is 5.43. The molecule has 0 saturated carbocycles. The molecule has 0 unspecified atom stereocenters. The number of aryl methyl sites for hydroxylation is 1. The summed E-state index contributed by atoms with van der Waals surface area (Å²) in [5.74, 6) is 0. The number of benzene rings is 1. The number of nitrogens with one attached hydrogen (secondary N) is 1. The lowest BCUT2D eigenvalue weighted by atomic mass is 10.2. The van der Waals surface area contributed by atoms with Gasteiger partial charge < -0.3 is 4.57 Å². The Labute approximate surface area is 145 Å². The molecule has 2 aromatic heterocycles. The molecule has 23 heavy (non-hydrogen) atoms. The fraction of sp³-hybridized carbons (Fsp3) is 0.267. The molecule has 0 aliphatic heterocycles. The van der Waals surface area contributed by atoms with Gasteiger partial charge >= 0.3 is 5.69 Å². The molecule has 2 heterocycles. The summed E-state index contributed by atoms with van der Waals surface area (Å²) >= 11 is 9.19. The quantitative estimate of drug-likeness (QED) is 0.673. The van der Waals surface area contributed by atoms with Gasteiger partial charge in [0.05, 0.1) is 6.54 Å². The van der Waals surface area contributed by atoms with Crippen molar-refractivity contribution >= 4 is 38.7 Å². The highest BCUT2D eigenvalue weighted by molar-refractivity contribution is 9.10. The van der Waals surface area contributed by atoms with Gasteiger partial charge in [0.1, 0.15) is 0 Å². The van der Waals surface area contributed by atoms with Crippen LogP contribution in [0.1, 0.15) is 19.4 Å². The van der Waals surface area contributed by atoms with E-state index >= 15 is 0 Å². The normalized spacial score (nSPS) is 10.5. The van der Waals surface area contributed by atoms with Gasteiger partial charge in [-0.25, -0.2) is 9.78 Å². The Bertz CT molecular complexity index is 941. The van der Waals surface area contributed by atoms with Crippen LogP contribution >= 0.6 is 27.5 Å². The highest BCUT2D eigenvalue weighted by Gasteiger charge is 2.15. The molecule has 122 valence electrons. The van der Waals surface area contributed by atoms with Gasteiger partial charge in [-0.2, -0.15) is 0 Å². The summed E-state index contributed by atoms with van der Waals surface area (Å²) in [6, 6.07) is 7.31. The van der Waals surface area contributed by atoms with Gasteiger partial charge in [0.2, 0.25) is 0 Å². The first kappa shape index (κ1) is 17.5. The Hall–Kier alpha value is -1.86. The van der Waals surface area contributed by atoms with Crippen molar-refractivity contribution in [3.8, 4) is 0 Å². The molecule has 1 aromatic carbocycles. The van der Waals surface area contributed by atoms with Crippen LogP contribution in [0.25, 0.3) is 11.2 Å². The van der Waals surface area contributed by atoms with Crippen molar-refractivity contribution < 1.29 is 0 Å². The molecule has 0 amide bonds. The summed E-state index contributed by atoms with van der Waals surface area (Å²) in [6.07, 6.45) is 0. The molecule has 0 aliphatic rings. The van der Waals surface area contributed by atoms with E-state index in [4.69, 9.17) is 11.6 Å². The van der Waals surface area contributed by atoms with E-state index in [0.717, 1.165) is 5.56 Å². The van der Waals surface area contributed by atoms with Crippen LogP contribution in [-0.2, 0) is 13.6 Å². The number of aromatic amines is 1. The van der Waals surface area contributed by atoms with E-state index in [2.05, 4.69) is 25.9 Å². The highest BCUT2D eigenvalue weighted by Crippen LogP contribution is 2.19. The molecule has 0 fully saturated rings. The monoisotopic (exact) mass is 398 g/mol. The van der Waals surface area contributed by atoms with Crippen LogP contribution in [0.5, 0.6) is 0 Å². The third-order valence-electron chi connectivity index (χ3n) is 3.21. The largest absolute Gasteiger partial charge is 0.329 e. The summed E-state index contributed by atoms with van der Waals surface area (Å²) in [5.41, 5.74) is 0.701. The zero-order chi connectivity index (χ0) is 17.1. The fourth-order valence-electron chi connectivity index (χ4n) is 2.12. The number of imidazole rings is 1. The topological polar surface area (TPSA) is 72.7 Å². The number of halogens is 2. The lowest BCUT2D eigenvalue weighted by Crippen LogP contribution is -2.29. The molecule has 3 aromatic rings. The molecule has 3 rings (SSSR count). The summed E-state index contributed by atoms with van der Waals surface area (Å²) in [6.45, 7) is 4.44. The summed E-state index contributed by atoms with van der Waals surface area (Å²) in [7, 11) is 1.56. The van der Waals surface area contributed by atoms with Gasteiger partial charge in [0, 0.05) is 12.1 Å². The van der Waals surface area contributed by atoms with Crippen LogP contribution < -0.4 is 11.2 Å². The van der Waals surface area contributed by atoms with Crippen molar-refractivity contribution in [2.45, 2.75) is 20.4 Å². The van der Waals surface area contributed by atoms with Crippen LogP contribution in [0.15, 0.2) is 38.6 Å². The third-order valence-corrected chi connectivity index (χ3v) is 4.07. The van der Waals surface area contributed by atoms with Crippen LogP contribution in [0.2, 0.25) is 5.02 Å². The minimum absolute atomic E-state index is 0.338. The zero-order valence-corrected chi connectivity index (χ0v) is 15.3. The molecule has 0 saturated heterocycles. The first-order chi connectivity index (χ1) is 11.0. The Morgan fingerprint density at radius 2 is 1.83 bits per heavy atom. The molecule has 0 radical (unpaired) electrons. The van der Waals surface area contributed by atoms with Crippen molar-refractivity contribution in [3.05, 3.63) is 60.4 Å². The highest BCUT2D eigenvalue weighted by atomic mass is 79.9. The fourth-order valence-corrected chi connectivity index (χ4v) is 2.72. The van der Waals surface area contributed by atoms with Crippen LogP contribution in [-0.4, -0.2) is 19.1 Å². The van der Waals surface area contributed by atoms with Crippen LogP contribution in [0.4, 0.5) is 0 Å². The Morgan fingerprint density at radius 1 is 1.22 bits per heavy atom. The summed E-state index contributed by atoms with van der Waals surface area (Å²) in [5, 5.41) is 0.647. The second-order valence-corrected chi connectivity index (χ2v) is 5.73. The van der Waals surface area contributed by atoms with Gasteiger partial charge in [0.15, 0.2) is 15.9 Å². The molecular formula is C15H16BrClN4O2. The number of fused-ring (bicyclic) bond motifs is 1. The molecule has 6 nitrogen and oxygen atoms in total. The van der Waals surface area contributed by atoms with Gasteiger partial charge in [0.25, 0.3) is 5.56 Å². The maximum absolute atomic E-state index is 12.1. The predicted molar refractivity (Wildman–Crippen MR) is 95.2 cm³/mol. The van der Waals surface area contributed by atoms with E-state index in [1.165, 1.54) is 4.57 Å². The van der Waals surface area contributed by atoms with Crippen molar-refractivity contribution in [2.24, 2.45) is 7.05 Å². The molecule has 0 bridgehead atoms. The lowest BCUT2D eigenvalue weighted by molar-refractivity contribution is 0.791. The molecule has 0 atom stereocenters. The number of nitrogens with zero attached hydrogens (tertiary/aromatic N) is 3. The smallest absolute Gasteiger partial charge is 0.308 e. The second-order valence-electron chi connectivity index (χ2n) is 4.58. The maximum Gasteiger partial charge on any atom is 0.329 e. The lowest BCUT2D eigenvalue weighted by Gasteiger charge is -2.06. The molecule has 0 aliphatic carbocycles. The maximum atomic E-state index is 12.1. The van der Waals surface area contributed by atoms with Crippen molar-refractivity contribution in [1.29, 1.82) is 0 Å². The standard InChI is InChI=1S/C13H10BrClN4O2.C2H6/c1-18-10-9(11(20)17-13(18)21)19(12(14)16-10)6-7-2-4-8(15)5-3-7;1-2/h2-5H,6H2,1H3,(H,17,20,21);1-2H3. The average molecular weight is 400 g/mol. The van der Waals surface area contributed by atoms with E-state index in [1.54, 1.807) is 23.7 Å². The van der Waals surface area contributed by atoms with E-state index in [1.807, 2.05) is 26.0 Å². The molecule has 8 heteroatoms. The molecule has 0 spiro atoms. The Balaban J connectivity index is 0.000000924. The van der Waals surface area contributed by atoms with Crippen molar-refractivity contribution in [3.63, 3.8) is 0 Å². The van der Waals surface area contributed by atoms with Gasteiger partial charge in [-0.1, -0.05) is 37.6 Å². The number of rotatable bonds is 2. The Morgan fingerprint density at radius 3 is 2.43 bits per heavy atom. The van der Waals surface area contributed by atoms with Gasteiger partial charge in [-0.3, -0.25) is 14.3 Å². The van der Waals surface area contributed by atoms with Gasteiger partial charge in [-0.05, 0) is 33.6 Å². The second kappa shape index (κ2) is 7.14. The summed E-state index contributed by atoms with van der Waals surface area (Å²) in [4.78, 5) is 30.2. The summed E-state index contributed by atoms with van der Waals surface area (Å²) < 4.78 is 3.50. The van der Waals surface area contributed by atoms with E-state index in [0.29, 0.717) is 27.5 Å². The number of H-pyrrole nitrogens is 1. The van der Waals surface area contributed by atoms with Crippen molar-refractivity contribution in [1.82, 2.24) is 19.1 Å². The molecular weight excluding hydrogens is 384 g/mol. The first-order valence-electron chi connectivity index (χ1n) is 7.07. The van der Waals surface area contributed by atoms with Crippen molar-refractivity contribution in [2.75, 3.05) is 0 Å². The molecule has 1 N–H and O–H groups in total. The average Bonchev–Trinajstić information content (AvgIpc) is 2.87. The zero-order valence-electron chi connectivity index (χ0n) is 12.9. The van der Waals surface area contributed by atoms with E-state index in [-0.39, 0.29) is 0 Å². The minimum atomic E-state index is -0.490. The first-order valence-corrected chi connectivity index (χ1v) is 8.24. The SMILES string of the molecule is CC.Cn1c(=O)[nH]c(=O)c2c1nc(Br)n2Cc1ccc(Cl)cc1. The third kappa shape index (κ3) is 3.40. The number of aromatic nitrogens is 4. The van der Waals surface area contributed by atoms with E-state index < -0.39 is 11.2 Å². The number of hydrogen-bond acceptors (Lipinski definition) is 3. The van der Waals surface area contributed by atoms with Crippen LogP contribution in [0.3, 0.4) is 0 Å². The minimum Gasteiger partial charge on any atom is -0.308 e. The number of hydrogen-bond donors (Lipinski definition) is 1. The van der Waals surface area contributed by atoms with Crippen LogP contribution in [0, 0.1) is 0 Å². The van der Waals surface area contributed by atoms with E-state index in [9.17, 15) is 9.59 Å².